The molecule has 2 unspecified atom stereocenters. The van der Waals surface area contributed by atoms with E-state index in [4.69, 9.17) is 36.5 Å². The highest BCUT2D eigenvalue weighted by molar-refractivity contribution is 5.84. The highest BCUT2D eigenvalue weighted by Gasteiger charge is 2.41. The van der Waals surface area contributed by atoms with Gasteiger partial charge in [-0.3, -0.25) is 0 Å². The molecule has 72 heavy (non-hydrogen) atoms. The van der Waals surface area contributed by atoms with Crippen molar-refractivity contribution in [1.29, 1.82) is 5.26 Å². The first-order valence-electron chi connectivity index (χ1n) is 23.8. The number of hydrogen-bond acceptors (Lipinski definition) is 7. The molecule has 334 valence electrons. The van der Waals surface area contributed by atoms with Crippen LogP contribution in [0.4, 0.5) is 5.69 Å². The maximum Gasteiger partial charge on any atom is 0.187 e. The van der Waals surface area contributed by atoms with Crippen molar-refractivity contribution in [3.8, 4) is 96.7 Å². The molecule has 2 heterocycles. The summed E-state index contributed by atoms with van der Waals surface area (Å²) in [4.78, 5) is 34.7. The Labute approximate surface area is 416 Å². The summed E-state index contributed by atoms with van der Waals surface area (Å²) in [5, 5.41) is 9.51. The molecule has 0 spiro atoms. The largest absolute Gasteiger partial charge is 0.238 e. The van der Waals surface area contributed by atoms with E-state index in [1.54, 1.807) is 0 Å². The normalized spacial score (nSPS) is 13.8. The number of rotatable bonds is 8. The van der Waals surface area contributed by atoms with Crippen LogP contribution in [-0.2, 0) is 0 Å². The molecule has 9 aromatic carbocycles. The van der Waals surface area contributed by atoms with E-state index in [1.165, 1.54) is 33.4 Å². The SMILES string of the molecule is [C-]#[N+]c1ccc(-c2ccccc2-c2nc(-c3ccccc3)nc(-c3ccc4c(c3)C3c5ccccc5C4c4cc(-c5nc(-c6ccccc6)nc(-c6ccccc6-c6ccc(C#N)cc6)n5)ccc43)n2)cc1. The first-order chi connectivity index (χ1) is 35.6. The second-order valence-corrected chi connectivity index (χ2v) is 18.0. The van der Waals surface area contributed by atoms with Crippen molar-refractivity contribution >= 4 is 5.69 Å². The van der Waals surface area contributed by atoms with Crippen LogP contribution in [0.25, 0.3) is 95.4 Å². The van der Waals surface area contributed by atoms with Gasteiger partial charge in [-0.1, -0.05) is 194 Å². The Morgan fingerprint density at radius 3 is 1.10 bits per heavy atom. The Hall–Kier alpha value is -10.0. The van der Waals surface area contributed by atoms with Gasteiger partial charge >= 0.3 is 0 Å². The smallest absolute Gasteiger partial charge is 0.187 e. The molecular formula is C64H38N8. The van der Waals surface area contributed by atoms with Gasteiger partial charge in [0, 0.05) is 45.2 Å². The van der Waals surface area contributed by atoms with E-state index in [9.17, 15) is 5.26 Å². The van der Waals surface area contributed by atoms with Crippen molar-refractivity contribution in [3.05, 3.63) is 269 Å². The number of aromatic nitrogens is 6. The molecule has 8 heteroatoms. The standard InChI is InChI=1S/C64H38N8/c1-66-46-32-28-41(29-33-46)48-19-9-13-23-54(48)64-70-60(43-16-6-3-7-17-43)68-62(72-64)45-31-35-52-56(37-45)58-50-21-11-10-20-49(50)57(52)55-36-44(30-34-51(55)58)61-67-59(42-14-4-2-5-15-42)69-63(71-61)53-22-12-8-18-47(53)40-26-24-39(38-65)25-27-40/h2-37,57-58H. The third-order valence-electron chi connectivity index (χ3n) is 13.9. The second kappa shape index (κ2) is 17.5. The van der Waals surface area contributed by atoms with Crippen LogP contribution in [0.1, 0.15) is 50.8 Å². The lowest BCUT2D eigenvalue weighted by atomic mass is 9.61. The number of hydrogen-bond donors (Lipinski definition) is 0. The fraction of sp³-hybridized carbons (Fsp3) is 0.0312. The molecule has 14 rings (SSSR count). The Morgan fingerprint density at radius 2 is 0.667 bits per heavy atom. The predicted molar refractivity (Wildman–Crippen MR) is 282 cm³/mol. The van der Waals surface area contributed by atoms with Crippen LogP contribution in [0.5, 0.6) is 0 Å². The first kappa shape index (κ1) is 42.1. The molecule has 11 aromatic rings. The molecule has 2 atom stereocenters. The summed E-state index contributed by atoms with van der Waals surface area (Å²) in [6.07, 6.45) is 0. The number of nitrogens with zero attached hydrogens (tertiary/aromatic N) is 8. The van der Waals surface area contributed by atoms with Gasteiger partial charge in [-0.05, 0) is 79.9 Å². The van der Waals surface area contributed by atoms with E-state index in [1.807, 2.05) is 140 Å². The zero-order chi connectivity index (χ0) is 48.1. The molecule has 0 aliphatic heterocycles. The predicted octanol–water partition coefficient (Wildman–Crippen LogP) is 14.8. The van der Waals surface area contributed by atoms with Gasteiger partial charge < -0.3 is 0 Å². The molecule has 3 aliphatic carbocycles. The minimum absolute atomic E-state index is 0.0349. The third-order valence-corrected chi connectivity index (χ3v) is 13.9. The van der Waals surface area contributed by atoms with E-state index in [0.717, 1.165) is 55.6 Å². The van der Waals surface area contributed by atoms with Crippen LogP contribution in [0.3, 0.4) is 0 Å². The van der Waals surface area contributed by atoms with Gasteiger partial charge in [0.1, 0.15) is 0 Å². The summed E-state index contributed by atoms with van der Waals surface area (Å²) in [5.41, 5.74) is 18.0. The van der Waals surface area contributed by atoms with E-state index >= 15 is 0 Å². The Bertz CT molecular complexity index is 3740. The topological polar surface area (TPSA) is 105 Å². The van der Waals surface area contributed by atoms with Crippen molar-refractivity contribution in [3.63, 3.8) is 0 Å². The zero-order valence-corrected chi connectivity index (χ0v) is 38.5. The third kappa shape index (κ3) is 7.31. The molecule has 2 aromatic heterocycles. The van der Waals surface area contributed by atoms with Gasteiger partial charge in [-0.2, -0.15) is 5.26 Å². The molecular weight excluding hydrogens is 881 g/mol. The van der Waals surface area contributed by atoms with Gasteiger partial charge in [-0.25, -0.2) is 34.7 Å². The maximum absolute atomic E-state index is 9.51. The average molecular weight is 919 g/mol. The molecule has 0 saturated carbocycles. The van der Waals surface area contributed by atoms with Crippen LogP contribution in [0.2, 0.25) is 0 Å². The molecule has 0 saturated heterocycles. The van der Waals surface area contributed by atoms with E-state index in [0.29, 0.717) is 46.2 Å². The summed E-state index contributed by atoms with van der Waals surface area (Å²) >= 11 is 0. The monoisotopic (exact) mass is 918 g/mol. The van der Waals surface area contributed by atoms with Crippen molar-refractivity contribution < 1.29 is 0 Å². The highest BCUT2D eigenvalue weighted by Crippen LogP contribution is 2.56. The molecule has 0 amide bonds. The fourth-order valence-electron chi connectivity index (χ4n) is 10.5. The van der Waals surface area contributed by atoms with Crippen LogP contribution < -0.4 is 0 Å². The summed E-state index contributed by atoms with van der Waals surface area (Å²) in [7, 11) is 0. The molecule has 2 bridgehead atoms. The van der Waals surface area contributed by atoms with Crippen LogP contribution in [0.15, 0.2) is 218 Å². The highest BCUT2D eigenvalue weighted by atomic mass is 15.0. The molecule has 0 radical (unpaired) electrons. The van der Waals surface area contributed by atoms with E-state index < -0.39 is 0 Å². The molecule has 3 aliphatic rings. The van der Waals surface area contributed by atoms with Gasteiger partial charge in [-0.15, -0.1) is 0 Å². The second-order valence-electron chi connectivity index (χ2n) is 18.0. The lowest BCUT2D eigenvalue weighted by Gasteiger charge is -2.42. The van der Waals surface area contributed by atoms with Crippen molar-refractivity contribution in [2.45, 2.75) is 11.8 Å². The summed E-state index contributed by atoms with van der Waals surface area (Å²) in [6, 6.07) is 76.1. The lowest BCUT2D eigenvalue weighted by molar-refractivity contribution is 0.754. The number of benzene rings is 9. The van der Waals surface area contributed by atoms with Gasteiger partial charge in [0.25, 0.3) is 0 Å². The van der Waals surface area contributed by atoms with Gasteiger partial charge in [0.2, 0.25) is 0 Å². The summed E-state index contributed by atoms with van der Waals surface area (Å²) in [5.74, 6) is 3.42. The Kier molecular flexibility index (Phi) is 10.2. The summed E-state index contributed by atoms with van der Waals surface area (Å²) in [6.45, 7) is 7.49. The van der Waals surface area contributed by atoms with Gasteiger partial charge in [0.05, 0.1) is 18.2 Å². The fourth-order valence-corrected chi connectivity index (χ4v) is 10.5. The lowest BCUT2D eigenvalue weighted by Crippen LogP contribution is -2.27. The van der Waals surface area contributed by atoms with Crippen molar-refractivity contribution in [1.82, 2.24) is 29.9 Å². The average Bonchev–Trinajstić information content (AvgIpc) is 3.47. The van der Waals surface area contributed by atoms with Crippen LogP contribution >= 0.6 is 0 Å². The Morgan fingerprint density at radius 1 is 0.319 bits per heavy atom. The quantitative estimate of drug-likeness (QED) is 0.140. The van der Waals surface area contributed by atoms with Crippen LogP contribution in [-0.4, -0.2) is 29.9 Å². The molecule has 8 nitrogen and oxygen atoms in total. The van der Waals surface area contributed by atoms with E-state index in [2.05, 4.69) is 89.8 Å². The maximum atomic E-state index is 9.51. The van der Waals surface area contributed by atoms with Gasteiger partial charge in [0.15, 0.2) is 40.6 Å². The first-order valence-corrected chi connectivity index (χ1v) is 23.8. The summed E-state index contributed by atoms with van der Waals surface area (Å²) < 4.78 is 0. The van der Waals surface area contributed by atoms with Crippen LogP contribution in [0, 0.1) is 17.9 Å². The minimum Gasteiger partial charge on any atom is -0.238 e. The van der Waals surface area contributed by atoms with Crippen molar-refractivity contribution in [2.75, 3.05) is 0 Å². The molecule has 0 N–H and O–H groups in total. The van der Waals surface area contributed by atoms with Crippen molar-refractivity contribution in [2.24, 2.45) is 0 Å². The molecule has 0 fully saturated rings. The number of nitriles is 1. The van der Waals surface area contributed by atoms with E-state index in [-0.39, 0.29) is 11.8 Å². The Balaban J connectivity index is 0.932. The zero-order valence-electron chi connectivity index (χ0n) is 38.5. The minimum atomic E-state index is -0.0351.